The van der Waals surface area contributed by atoms with Gasteiger partial charge in [0.1, 0.15) is 11.3 Å². The number of sulfone groups is 1. The molecule has 0 bridgehead atoms. The second-order valence-corrected chi connectivity index (χ2v) is 13.0. The van der Waals surface area contributed by atoms with E-state index in [2.05, 4.69) is 15.0 Å². The molecule has 0 atom stereocenters. The van der Waals surface area contributed by atoms with Crippen LogP contribution in [0.25, 0.3) is 0 Å². The molecule has 3 aliphatic rings. The molecule has 3 fully saturated rings. The Hall–Kier alpha value is -1.98. The number of pyridine rings is 1. The van der Waals surface area contributed by atoms with Crippen LogP contribution in [0.1, 0.15) is 79.4 Å². The first-order valence-corrected chi connectivity index (χ1v) is 14.0. The molecule has 0 unspecified atom stereocenters. The number of ether oxygens (including phenoxy) is 1. The highest BCUT2D eigenvalue weighted by Gasteiger charge is 2.44. The minimum absolute atomic E-state index is 0.173. The SMILES string of the molecule is Cc1cc(C(F)(F)F)nc(OC(F)F)c1C(=O)NCC1(CC2CC2)CCC(S(=O)(=O)CC2CC2)CC1. The maximum absolute atomic E-state index is 13.1. The summed E-state index contributed by atoms with van der Waals surface area (Å²) in [6, 6.07) is 0.628. The van der Waals surface area contributed by atoms with Crippen molar-refractivity contribution in [3.8, 4) is 5.88 Å². The van der Waals surface area contributed by atoms with E-state index < -0.39 is 50.9 Å². The summed E-state index contributed by atoms with van der Waals surface area (Å²) in [4.78, 5) is 16.2. The van der Waals surface area contributed by atoms with Crippen LogP contribution in [-0.2, 0) is 16.0 Å². The lowest BCUT2D eigenvalue weighted by molar-refractivity contribution is -0.142. The lowest BCUT2D eigenvalue weighted by atomic mass is 9.70. The van der Waals surface area contributed by atoms with E-state index in [9.17, 15) is 35.2 Å². The van der Waals surface area contributed by atoms with Crippen LogP contribution in [0.3, 0.4) is 0 Å². The van der Waals surface area contributed by atoms with E-state index >= 15 is 0 Å². The molecule has 36 heavy (non-hydrogen) atoms. The molecule has 1 heterocycles. The molecular weight excluding hydrogens is 507 g/mol. The second kappa shape index (κ2) is 10.1. The van der Waals surface area contributed by atoms with Gasteiger partial charge in [0.05, 0.1) is 11.0 Å². The number of amides is 1. The third-order valence-corrected chi connectivity index (χ3v) is 10.0. The van der Waals surface area contributed by atoms with Gasteiger partial charge in [-0.3, -0.25) is 4.79 Å². The third-order valence-electron chi connectivity index (χ3n) is 7.61. The summed E-state index contributed by atoms with van der Waals surface area (Å²) in [6.45, 7) is -2.08. The first kappa shape index (κ1) is 27.1. The van der Waals surface area contributed by atoms with Crippen molar-refractivity contribution in [2.24, 2.45) is 17.3 Å². The number of nitrogens with zero attached hydrogens (tertiary/aromatic N) is 1. The number of aromatic nitrogens is 1. The van der Waals surface area contributed by atoms with Gasteiger partial charge < -0.3 is 10.1 Å². The minimum Gasteiger partial charge on any atom is -0.416 e. The molecule has 0 aliphatic heterocycles. The highest BCUT2D eigenvalue weighted by molar-refractivity contribution is 7.92. The summed E-state index contributed by atoms with van der Waals surface area (Å²) in [6.07, 6.45) is 2.15. The maximum Gasteiger partial charge on any atom is 0.433 e. The second-order valence-electron chi connectivity index (χ2n) is 10.7. The van der Waals surface area contributed by atoms with Crippen LogP contribution in [0, 0.1) is 24.2 Å². The van der Waals surface area contributed by atoms with E-state index in [0.29, 0.717) is 37.7 Å². The number of aryl methyl sites for hydroxylation is 1. The molecule has 0 radical (unpaired) electrons. The molecule has 0 saturated heterocycles. The van der Waals surface area contributed by atoms with Gasteiger partial charge in [-0.2, -0.15) is 22.0 Å². The first-order chi connectivity index (χ1) is 16.8. The minimum atomic E-state index is -4.90. The van der Waals surface area contributed by atoms with Gasteiger partial charge in [0.2, 0.25) is 5.88 Å². The van der Waals surface area contributed by atoms with Crippen LogP contribution in [0.2, 0.25) is 0 Å². The Kier molecular flexibility index (Phi) is 7.56. The zero-order chi connectivity index (χ0) is 26.3. The molecule has 1 N–H and O–H groups in total. The fraction of sp³-hybridized carbons (Fsp3) is 0.750. The number of nitrogens with one attached hydrogen (secondary N) is 1. The van der Waals surface area contributed by atoms with Gasteiger partial charge in [-0.1, -0.05) is 12.8 Å². The number of halogens is 5. The van der Waals surface area contributed by atoms with Crippen LogP contribution in [0.5, 0.6) is 5.88 Å². The van der Waals surface area contributed by atoms with Crippen LogP contribution in [0.15, 0.2) is 6.07 Å². The van der Waals surface area contributed by atoms with Crippen molar-refractivity contribution in [2.75, 3.05) is 12.3 Å². The van der Waals surface area contributed by atoms with Crippen molar-refractivity contribution >= 4 is 15.7 Å². The number of hydrogen-bond donors (Lipinski definition) is 1. The predicted molar refractivity (Wildman–Crippen MR) is 121 cm³/mol. The van der Waals surface area contributed by atoms with Crippen molar-refractivity contribution < 1.29 is 39.9 Å². The average Bonchev–Trinajstić information content (AvgIpc) is 3.69. The van der Waals surface area contributed by atoms with Crippen LogP contribution in [0.4, 0.5) is 22.0 Å². The zero-order valence-corrected chi connectivity index (χ0v) is 20.9. The van der Waals surface area contributed by atoms with Gasteiger partial charge in [-0.15, -0.1) is 0 Å². The number of alkyl halides is 5. The molecule has 4 rings (SSSR count). The number of rotatable bonds is 10. The zero-order valence-electron chi connectivity index (χ0n) is 20.0. The Morgan fingerprint density at radius 3 is 2.28 bits per heavy atom. The predicted octanol–water partition coefficient (Wildman–Crippen LogP) is 5.29. The highest BCUT2D eigenvalue weighted by Crippen LogP contribution is 2.49. The molecule has 3 aliphatic carbocycles. The fourth-order valence-electron chi connectivity index (χ4n) is 5.29. The summed E-state index contributed by atoms with van der Waals surface area (Å²) < 4.78 is 94.9. The average molecular weight is 539 g/mol. The first-order valence-electron chi connectivity index (χ1n) is 12.3. The molecule has 0 spiro atoms. The van der Waals surface area contributed by atoms with Crippen molar-refractivity contribution in [3.05, 3.63) is 22.9 Å². The summed E-state index contributed by atoms with van der Waals surface area (Å²) in [7, 11) is -3.17. The van der Waals surface area contributed by atoms with Gasteiger partial charge in [0.25, 0.3) is 5.91 Å². The van der Waals surface area contributed by atoms with Gasteiger partial charge in [-0.05, 0) is 80.8 Å². The van der Waals surface area contributed by atoms with E-state index in [1.165, 1.54) is 6.92 Å². The lowest BCUT2D eigenvalue weighted by Gasteiger charge is -2.40. The number of carbonyl (C=O) groups excluding carboxylic acids is 1. The van der Waals surface area contributed by atoms with Crippen LogP contribution in [-0.4, -0.2) is 43.5 Å². The Morgan fingerprint density at radius 2 is 1.75 bits per heavy atom. The van der Waals surface area contributed by atoms with Crippen molar-refractivity contribution in [3.63, 3.8) is 0 Å². The summed E-state index contributed by atoms with van der Waals surface area (Å²) in [5.74, 6) is -0.910. The molecule has 1 aromatic heterocycles. The summed E-state index contributed by atoms with van der Waals surface area (Å²) in [5.41, 5.74) is -2.43. The summed E-state index contributed by atoms with van der Waals surface area (Å²) >= 11 is 0. The molecule has 202 valence electrons. The number of carbonyl (C=O) groups is 1. The molecule has 6 nitrogen and oxygen atoms in total. The van der Waals surface area contributed by atoms with Crippen LogP contribution < -0.4 is 10.1 Å². The van der Waals surface area contributed by atoms with E-state index in [-0.39, 0.29) is 29.2 Å². The summed E-state index contributed by atoms with van der Waals surface area (Å²) in [5, 5.41) is 2.32. The topological polar surface area (TPSA) is 85.4 Å². The van der Waals surface area contributed by atoms with Crippen LogP contribution >= 0.6 is 0 Å². The molecule has 1 amide bonds. The van der Waals surface area contributed by atoms with E-state index in [1.54, 1.807) is 0 Å². The van der Waals surface area contributed by atoms with E-state index in [4.69, 9.17) is 0 Å². The molecule has 0 aromatic carbocycles. The maximum atomic E-state index is 13.1. The Balaban J connectivity index is 1.48. The standard InChI is InChI=1S/C24H31F5N2O4S/c1-14-10-18(24(27,28)29)31-21(35-22(25)26)19(14)20(32)30-13-23(11-15-2-3-15)8-6-17(7-9-23)36(33,34)12-16-4-5-16/h10,15-17,22H,2-9,11-13H2,1H3,(H,30,32). The van der Waals surface area contributed by atoms with E-state index in [1.807, 2.05) is 0 Å². The van der Waals surface area contributed by atoms with Gasteiger partial charge in [-0.25, -0.2) is 13.4 Å². The van der Waals surface area contributed by atoms with Gasteiger partial charge in [0, 0.05) is 6.54 Å². The quantitative estimate of drug-likeness (QED) is 0.409. The van der Waals surface area contributed by atoms with Gasteiger partial charge in [0.15, 0.2) is 9.84 Å². The molecular formula is C24H31F5N2O4S. The Morgan fingerprint density at radius 1 is 1.14 bits per heavy atom. The van der Waals surface area contributed by atoms with Crippen molar-refractivity contribution in [1.82, 2.24) is 10.3 Å². The third kappa shape index (κ3) is 6.66. The molecule has 1 aromatic rings. The van der Waals surface area contributed by atoms with Crippen molar-refractivity contribution in [1.29, 1.82) is 0 Å². The Bertz CT molecular complexity index is 1080. The normalized spacial score (nSPS) is 25.1. The molecule has 3 saturated carbocycles. The van der Waals surface area contributed by atoms with Crippen molar-refractivity contribution in [2.45, 2.75) is 82.7 Å². The lowest BCUT2D eigenvalue weighted by Crippen LogP contribution is -2.43. The highest BCUT2D eigenvalue weighted by atomic mass is 32.2. The smallest absolute Gasteiger partial charge is 0.416 e. The Labute approximate surface area is 207 Å². The number of hydrogen-bond acceptors (Lipinski definition) is 5. The molecule has 12 heteroatoms. The van der Waals surface area contributed by atoms with E-state index in [0.717, 1.165) is 32.1 Å². The largest absolute Gasteiger partial charge is 0.433 e. The monoisotopic (exact) mass is 538 g/mol. The van der Waals surface area contributed by atoms with Gasteiger partial charge >= 0.3 is 12.8 Å². The fourth-order valence-corrected chi connectivity index (χ4v) is 7.51.